The van der Waals surface area contributed by atoms with Crippen molar-refractivity contribution in [3.63, 3.8) is 0 Å². The van der Waals surface area contributed by atoms with Crippen LogP contribution in [0.25, 0.3) is 0 Å². The Hall–Kier alpha value is -2.04. The lowest BCUT2D eigenvalue weighted by Gasteiger charge is -2.20. The van der Waals surface area contributed by atoms with Gasteiger partial charge in [0.2, 0.25) is 0 Å². The largest absolute Gasteiger partial charge is 0.482 e. The molecule has 0 aromatic heterocycles. The van der Waals surface area contributed by atoms with Gasteiger partial charge in [-0.05, 0) is 49.3 Å². The molecule has 0 radical (unpaired) electrons. The molecule has 1 aliphatic heterocycles. The number of ether oxygens (including phenoxy) is 1. The summed E-state index contributed by atoms with van der Waals surface area (Å²) < 4.78 is 5.38. The number of carbonyl (C=O) groups excluding carboxylic acids is 2. The highest BCUT2D eigenvalue weighted by Crippen LogP contribution is 2.30. The Balaban J connectivity index is 1.62. The minimum absolute atomic E-state index is 0.00269. The molecule has 1 aromatic carbocycles. The number of benzene rings is 1. The first-order chi connectivity index (χ1) is 11.5. The van der Waals surface area contributed by atoms with Gasteiger partial charge in [-0.25, -0.2) is 0 Å². The van der Waals surface area contributed by atoms with Crippen LogP contribution in [0.5, 0.6) is 5.75 Å². The summed E-state index contributed by atoms with van der Waals surface area (Å²) in [6.45, 7) is 4.57. The minimum atomic E-state index is -0.169. The quantitative estimate of drug-likeness (QED) is 0.835. The van der Waals surface area contributed by atoms with Crippen molar-refractivity contribution in [2.24, 2.45) is 11.8 Å². The summed E-state index contributed by atoms with van der Waals surface area (Å²) in [5.41, 5.74) is 1.20. The van der Waals surface area contributed by atoms with E-state index in [1.54, 1.807) is 18.2 Å². The summed E-state index contributed by atoms with van der Waals surface area (Å²) >= 11 is 0. The summed E-state index contributed by atoms with van der Waals surface area (Å²) in [6, 6.07) is 5.41. The van der Waals surface area contributed by atoms with Crippen molar-refractivity contribution >= 4 is 17.5 Å². The van der Waals surface area contributed by atoms with Gasteiger partial charge in [-0.3, -0.25) is 9.59 Å². The van der Waals surface area contributed by atoms with Crippen molar-refractivity contribution in [1.29, 1.82) is 0 Å². The fraction of sp³-hybridized carbons (Fsp3) is 0.579. The Morgan fingerprint density at radius 3 is 2.88 bits per heavy atom. The molecule has 2 N–H and O–H groups in total. The maximum Gasteiger partial charge on any atom is 0.262 e. The highest BCUT2D eigenvalue weighted by molar-refractivity contribution is 5.99. The zero-order valence-corrected chi connectivity index (χ0v) is 14.4. The number of rotatable bonds is 3. The van der Waals surface area contributed by atoms with Crippen LogP contribution in [0.4, 0.5) is 5.69 Å². The third kappa shape index (κ3) is 3.89. The van der Waals surface area contributed by atoms with Gasteiger partial charge in [-0.2, -0.15) is 0 Å². The lowest BCUT2D eigenvalue weighted by Crippen LogP contribution is -2.34. The Labute approximate surface area is 143 Å². The van der Waals surface area contributed by atoms with Crippen molar-refractivity contribution in [3.05, 3.63) is 23.8 Å². The molecule has 2 aliphatic rings. The van der Waals surface area contributed by atoms with Gasteiger partial charge in [0.1, 0.15) is 5.75 Å². The van der Waals surface area contributed by atoms with Gasteiger partial charge >= 0.3 is 0 Å². The molecule has 2 atom stereocenters. The third-order valence-electron chi connectivity index (χ3n) is 5.17. The first-order valence-corrected chi connectivity index (χ1v) is 8.90. The van der Waals surface area contributed by atoms with Crippen molar-refractivity contribution in [2.75, 3.05) is 11.9 Å². The highest BCUT2D eigenvalue weighted by atomic mass is 16.5. The van der Waals surface area contributed by atoms with Gasteiger partial charge in [-0.15, -0.1) is 0 Å². The molecule has 1 aliphatic carbocycles. The standard InChI is InChI=1S/C19H26N2O3/c1-12(2)13-4-3-5-15(8-6-13)20-19(23)14-7-9-16-17(10-14)24-11-18(22)21-16/h7,9-10,12-13,15H,3-6,8,11H2,1-2H3,(H,20,23)(H,21,22)/t13-,15+/m0/s1. The molecule has 0 unspecified atom stereocenters. The van der Waals surface area contributed by atoms with Gasteiger partial charge in [0.25, 0.3) is 11.8 Å². The van der Waals surface area contributed by atoms with Crippen LogP contribution in [-0.2, 0) is 4.79 Å². The minimum Gasteiger partial charge on any atom is -0.482 e. The van der Waals surface area contributed by atoms with Crippen LogP contribution in [0.2, 0.25) is 0 Å². The summed E-state index contributed by atoms with van der Waals surface area (Å²) in [4.78, 5) is 23.8. The van der Waals surface area contributed by atoms with Crippen LogP contribution in [0.1, 0.15) is 56.3 Å². The van der Waals surface area contributed by atoms with E-state index < -0.39 is 0 Å². The van der Waals surface area contributed by atoms with E-state index in [9.17, 15) is 9.59 Å². The molecule has 1 saturated carbocycles. The highest BCUT2D eigenvalue weighted by Gasteiger charge is 2.23. The predicted molar refractivity (Wildman–Crippen MR) is 93.2 cm³/mol. The number of hydrogen-bond acceptors (Lipinski definition) is 3. The summed E-state index contributed by atoms with van der Waals surface area (Å²) in [5.74, 6) is 1.81. The molecule has 5 nitrogen and oxygen atoms in total. The van der Waals surface area contributed by atoms with Crippen LogP contribution < -0.4 is 15.4 Å². The second kappa shape index (κ2) is 7.24. The Morgan fingerprint density at radius 2 is 2.08 bits per heavy atom. The molecule has 0 spiro atoms. The van der Waals surface area contributed by atoms with Gasteiger partial charge in [0, 0.05) is 11.6 Å². The molecule has 5 heteroatoms. The van der Waals surface area contributed by atoms with Gasteiger partial charge in [0.15, 0.2) is 6.61 Å². The Kier molecular flexibility index (Phi) is 5.07. The molecule has 130 valence electrons. The zero-order chi connectivity index (χ0) is 17.1. The van der Waals surface area contributed by atoms with E-state index in [2.05, 4.69) is 24.5 Å². The second-order valence-corrected chi connectivity index (χ2v) is 7.23. The van der Waals surface area contributed by atoms with Crippen LogP contribution >= 0.6 is 0 Å². The zero-order valence-electron chi connectivity index (χ0n) is 14.4. The maximum atomic E-state index is 12.5. The fourth-order valence-electron chi connectivity index (χ4n) is 3.63. The predicted octanol–water partition coefficient (Wildman–Crippen LogP) is 3.35. The van der Waals surface area contributed by atoms with Crippen LogP contribution in [-0.4, -0.2) is 24.5 Å². The van der Waals surface area contributed by atoms with Crippen LogP contribution in [0.3, 0.4) is 0 Å². The van der Waals surface area contributed by atoms with E-state index in [4.69, 9.17) is 4.74 Å². The summed E-state index contributed by atoms with van der Waals surface area (Å²) in [5, 5.41) is 5.90. The van der Waals surface area contributed by atoms with Crippen molar-refractivity contribution in [1.82, 2.24) is 5.32 Å². The van der Waals surface area contributed by atoms with E-state index in [-0.39, 0.29) is 24.5 Å². The smallest absolute Gasteiger partial charge is 0.262 e. The number of carbonyl (C=O) groups is 2. The van der Waals surface area contributed by atoms with Crippen LogP contribution in [0, 0.1) is 11.8 Å². The monoisotopic (exact) mass is 330 g/mol. The molecular formula is C19H26N2O3. The maximum absolute atomic E-state index is 12.5. The molecule has 1 aromatic rings. The number of fused-ring (bicyclic) bond motifs is 1. The topological polar surface area (TPSA) is 67.4 Å². The molecule has 1 heterocycles. The normalized spacial score (nSPS) is 23.7. The fourth-order valence-corrected chi connectivity index (χ4v) is 3.63. The lowest BCUT2D eigenvalue weighted by molar-refractivity contribution is -0.118. The molecule has 3 rings (SSSR count). The summed E-state index contributed by atoms with van der Waals surface area (Å²) in [6.07, 6.45) is 5.71. The molecule has 24 heavy (non-hydrogen) atoms. The lowest BCUT2D eigenvalue weighted by atomic mass is 9.89. The first-order valence-electron chi connectivity index (χ1n) is 8.90. The van der Waals surface area contributed by atoms with E-state index in [0.717, 1.165) is 18.8 Å². The SMILES string of the molecule is CC(C)[C@H]1CCC[C@@H](NC(=O)c2ccc3c(c2)OCC(=O)N3)CC1. The van der Waals surface area contributed by atoms with Crippen molar-refractivity contribution in [2.45, 2.75) is 52.0 Å². The Bertz CT molecular complexity index is 627. The van der Waals surface area contributed by atoms with Gasteiger partial charge in [-0.1, -0.05) is 26.7 Å². The van der Waals surface area contributed by atoms with E-state index in [0.29, 0.717) is 22.9 Å². The second-order valence-electron chi connectivity index (χ2n) is 7.23. The van der Waals surface area contributed by atoms with E-state index in [1.165, 1.54) is 19.3 Å². The average molecular weight is 330 g/mol. The molecular weight excluding hydrogens is 304 g/mol. The number of hydrogen-bond donors (Lipinski definition) is 2. The summed E-state index contributed by atoms with van der Waals surface area (Å²) in [7, 11) is 0. The van der Waals surface area contributed by atoms with E-state index in [1.807, 2.05) is 0 Å². The Morgan fingerprint density at radius 1 is 1.25 bits per heavy atom. The number of anilines is 1. The van der Waals surface area contributed by atoms with Crippen molar-refractivity contribution in [3.8, 4) is 5.75 Å². The van der Waals surface area contributed by atoms with E-state index >= 15 is 0 Å². The van der Waals surface area contributed by atoms with Crippen molar-refractivity contribution < 1.29 is 14.3 Å². The third-order valence-corrected chi connectivity index (χ3v) is 5.17. The first kappa shape index (κ1) is 16.8. The van der Waals surface area contributed by atoms with Gasteiger partial charge in [0.05, 0.1) is 5.69 Å². The van der Waals surface area contributed by atoms with Gasteiger partial charge < -0.3 is 15.4 Å². The van der Waals surface area contributed by atoms with Crippen LogP contribution in [0.15, 0.2) is 18.2 Å². The molecule has 1 fully saturated rings. The average Bonchev–Trinajstić information content (AvgIpc) is 2.80. The molecule has 2 amide bonds. The number of amides is 2. The number of nitrogens with one attached hydrogen (secondary N) is 2. The molecule has 0 saturated heterocycles. The molecule has 0 bridgehead atoms.